The maximum atomic E-state index is 9.81. The van der Waals surface area contributed by atoms with Crippen LogP contribution in [0.1, 0.15) is 51.7 Å². The molecule has 0 radical (unpaired) electrons. The number of hydrogen-bond acceptors (Lipinski definition) is 5. The number of hydrogen-bond donors (Lipinski definition) is 4. The summed E-state index contributed by atoms with van der Waals surface area (Å²) in [5, 5.41) is 8.97. The van der Waals surface area contributed by atoms with Crippen molar-refractivity contribution < 1.29 is 4.79 Å². The molecule has 0 fully saturated rings. The van der Waals surface area contributed by atoms with E-state index in [0.717, 1.165) is 22.5 Å². The Hall–Kier alpha value is -2.44. The van der Waals surface area contributed by atoms with Gasteiger partial charge in [0.05, 0.1) is 5.84 Å². The lowest BCUT2D eigenvalue weighted by Crippen LogP contribution is -2.34. The van der Waals surface area contributed by atoms with E-state index in [1.54, 1.807) is 6.92 Å². The number of fused-ring (bicyclic) bond motifs is 2. The molecular formula is C22H29Cl2N5O. The molecule has 0 amide bonds. The van der Waals surface area contributed by atoms with E-state index >= 15 is 0 Å². The second kappa shape index (κ2) is 11.1. The first-order valence-corrected chi connectivity index (χ1v) is 10.3. The van der Waals surface area contributed by atoms with Gasteiger partial charge in [0, 0.05) is 46.2 Å². The lowest BCUT2D eigenvalue weighted by molar-refractivity contribution is -0.116. The fourth-order valence-electron chi connectivity index (χ4n) is 3.24. The summed E-state index contributed by atoms with van der Waals surface area (Å²) in [6.07, 6.45) is 1.17. The molecule has 0 saturated carbocycles. The van der Waals surface area contributed by atoms with E-state index in [1.807, 2.05) is 43.3 Å². The number of nitrogens with one attached hydrogen (secondary N) is 3. The number of nitrogens with two attached hydrogens (primary N) is 1. The number of Topliss-reactive ketones (excluding diaryl/α,β-unsaturated/α-hetero) is 1. The zero-order chi connectivity index (χ0) is 23.1. The van der Waals surface area contributed by atoms with Gasteiger partial charge >= 0.3 is 0 Å². The Morgan fingerprint density at radius 2 is 1.43 bits per heavy atom. The smallest absolute Gasteiger partial charge is 0.129 e. The Morgan fingerprint density at radius 3 is 1.77 bits per heavy atom. The highest BCUT2D eigenvalue weighted by molar-refractivity contribution is 6.31. The van der Waals surface area contributed by atoms with Crippen LogP contribution < -0.4 is 10.6 Å². The molecule has 1 aliphatic rings. The first-order chi connectivity index (χ1) is 14.1. The third-order valence-electron chi connectivity index (χ3n) is 4.95. The normalized spacial score (nSPS) is 12.9. The summed E-state index contributed by atoms with van der Waals surface area (Å²) >= 11 is 12.5. The van der Waals surface area contributed by atoms with Gasteiger partial charge in [-0.1, -0.05) is 44.0 Å². The Labute approximate surface area is 188 Å². The zero-order valence-electron chi connectivity index (χ0n) is 17.8. The van der Waals surface area contributed by atoms with E-state index in [-0.39, 0.29) is 17.0 Å². The van der Waals surface area contributed by atoms with Gasteiger partial charge in [0.15, 0.2) is 0 Å². The van der Waals surface area contributed by atoms with Crippen molar-refractivity contribution in [1.82, 2.24) is 0 Å². The highest BCUT2D eigenvalue weighted by Crippen LogP contribution is 2.50. The molecule has 2 aromatic carbocycles. The van der Waals surface area contributed by atoms with Crippen LogP contribution >= 0.6 is 23.2 Å². The van der Waals surface area contributed by atoms with Crippen LogP contribution in [0.3, 0.4) is 0 Å². The molecule has 0 saturated heterocycles. The number of halogens is 2. The maximum Gasteiger partial charge on any atom is 0.129 e. The van der Waals surface area contributed by atoms with Crippen molar-refractivity contribution in [2.75, 3.05) is 11.4 Å². The predicted octanol–water partition coefficient (Wildman–Crippen LogP) is 6.68. The SMILES string of the molecule is CC1(C)c2cc(Cl)ccc2N(CCC(=N)N)c2ccc(Cl)cc21.CCC(C)=O.N=N. The second-order valence-corrected chi connectivity index (χ2v) is 8.30. The first-order valence-electron chi connectivity index (χ1n) is 9.52. The lowest BCUT2D eigenvalue weighted by Gasteiger charge is -2.42. The summed E-state index contributed by atoms with van der Waals surface area (Å²) in [5.41, 5.74) is 19.9. The molecule has 0 aliphatic carbocycles. The van der Waals surface area contributed by atoms with Gasteiger partial charge in [0.1, 0.15) is 5.78 Å². The fraction of sp³-hybridized carbons (Fsp3) is 0.364. The van der Waals surface area contributed by atoms with E-state index in [1.165, 1.54) is 0 Å². The largest absolute Gasteiger partial charge is 0.388 e. The highest BCUT2D eigenvalue weighted by Gasteiger charge is 2.36. The number of nitrogens with zero attached hydrogens (tertiary/aromatic N) is 1. The highest BCUT2D eigenvalue weighted by atomic mass is 35.5. The molecule has 1 aliphatic heterocycles. The van der Waals surface area contributed by atoms with Crippen LogP contribution in [-0.4, -0.2) is 18.2 Å². The Kier molecular flexibility index (Phi) is 9.46. The van der Waals surface area contributed by atoms with Gasteiger partial charge in [-0.05, 0) is 54.4 Å². The van der Waals surface area contributed by atoms with Crippen LogP contribution in [0.25, 0.3) is 0 Å². The van der Waals surface area contributed by atoms with Crippen molar-refractivity contribution in [3.8, 4) is 0 Å². The Morgan fingerprint density at radius 1 is 1.03 bits per heavy atom. The van der Waals surface area contributed by atoms with Gasteiger partial charge in [-0.2, -0.15) is 0 Å². The molecule has 0 aromatic heterocycles. The minimum absolute atomic E-state index is 0.181. The Bertz CT molecular complexity index is 859. The summed E-state index contributed by atoms with van der Waals surface area (Å²) in [6, 6.07) is 11.9. The van der Waals surface area contributed by atoms with Crippen LogP contribution in [0, 0.1) is 16.5 Å². The van der Waals surface area contributed by atoms with Crippen molar-refractivity contribution in [2.24, 2.45) is 5.73 Å². The summed E-state index contributed by atoms with van der Waals surface area (Å²) in [6.45, 7) is 8.44. The number of amidine groups is 1. The van der Waals surface area contributed by atoms with E-state index in [0.29, 0.717) is 29.4 Å². The third kappa shape index (κ3) is 6.03. The molecule has 0 spiro atoms. The number of carbonyl (C=O) groups excluding carboxylic acids is 1. The number of benzene rings is 2. The van der Waals surface area contributed by atoms with E-state index in [9.17, 15) is 4.79 Å². The van der Waals surface area contributed by atoms with Crippen LogP contribution in [0.2, 0.25) is 10.0 Å². The lowest BCUT2D eigenvalue weighted by atomic mass is 9.73. The minimum atomic E-state index is -0.201. The summed E-state index contributed by atoms with van der Waals surface area (Å²) in [4.78, 5) is 12.0. The molecule has 0 atom stereocenters. The standard InChI is InChI=1S/C18H19Cl2N3.C4H8O.H2N2/c1-18(2)13-9-11(19)3-5-15(13)23(8-7-17(21)22)16-6-4-12(20)10-14(16)18;1-3-4(2)5;1-2/h3-6,9-10H,7-8H2,1-2H3,(H3,21,22);3H2,1-2H3;1-2H. The van der Waals surface area contributed by atoms with Crippen molar-refractivity contribution in [3.05, 3.63) is 57.6 Å². The molecule has 162 valence electrons. The molecule has 1 heterocycles. The van der Waals surface area contributed by atoms with E-state index in [2.05, 4.69) is 18.7 Å². The van der Waals surface area contributed by atoms with Gasteiger partial charge in [-0.3, -0.25) is 5.41 Å². The molecular weight excluding hydrogens is 421 g/mol. The quantitative estimate of drug-likeness (QED) is 0.236. The number of carbonyl (C=O) groups is 1. The average Bonchev–Trinajstić information content (AvgIpc) is 2.70. The Balaban J connectivity index is 0.000000565. The van der Waals surface area contributed by atoms with Crippen molar-refractivity contribution in [3.63, 3.8) is 0 Å². The third-order valence-corrected chi connectivity index (χ3v) is 5.42. The second-order valence-electron chi connectivity index (χ2n) is 7.43. The molecule has 30 heavy (non-hydrogen) atoms. The van der Waals surface area contributed by atoms with Gasteiger partial charge in [-0.15, -0.1) is 0 Å². The zero-order valence-corrected chi connectivity index (χ0v) is 19.3. The molecule has 6 nitrogen and oxygen atoms in total. The van der Waals surface area contributed by atoms with Gasteiger partial charge in [0.25, 0.3) is 0 Å². The summed E-state index contributed by atoms with van der Waals surface area (Å²) in [5.74, 6) is 0.436. The molecule has 5 N–H and O–H groups in total. The molecule has 0 bridgehead atoms. The summed E-state index contributed by atoms with van der Waals surface area (Å²) in [7, 11) is 0. The molecule has 8 heteroatoms. The topological polar surface area (TPSA) is 118 Å². The fourth-order valence-corrected chi connectivity index (χ4v) is 3.58. The van der Waals surface area contributed by atoms with Crippen LogP contribution in [-0.2, 0) is 10.2 Å². The van der Waals surface area contributed by atoms with Crippen LogP contribution in [0.4, 0.5) is 11.4 Å². The average molecular weight is 450 g/mol. The van der Waals surface area contributed by atoms with Crippen LogP contribution in [0.5, 0.6) is 0 Å². The number of ketones is 1. The minimum Gasteiger partial charge on any atom is -0.388 e. The monoisotopic (exact) mass is 449 g/mol. The van der Waals surface area contributed by atoms with Gasteiger partial charge < -0.3 is 15.4 Å². The van der Waals surface area contributed by atoms with Gasteiger partial charge in [-0.25, -0.2) is 11.1 Å². The molecule has 0 unspecified atom stereocenters. The maximum absolute atomic E-state index is 9.81. The van der Waals surface area contributed by atoms with E-state index in [4.69, 9.17) is 45.4 Å². The number of anilines is 2. The summed E-state index contributed by atoms with van der Waals surface area (Å²) < 4.78 is 0. The van der Waals surface area contributed by atoms with Gasteiger partial charge in [0.2, 0.25) is 0 Å². The molecule has 2 aromatic rings. The number of rotatable bonds is 4. The van der Waals surface area contributed by atoms with Crippen molar-refractivity contribution >= 4 is 46.2 Å². The first kappa shape index (κ1) is 25.6. The molecule has 3 rings (SSSR count). The van der Waals surface area contributed by atoms with Crippen molar-refractivity contribution in [2.45, 2.75) is 46.0 Å². The van der Waals surface area contributed by atoms with Crippen molar-refractivity contribution in [1.29, 1.82) is 16.5 Å². The van der Waals surface area contributed by atoms with Crippen LogP contribution in [0.15, 0.2) is 36.4 Å². The van der Waals surface area contributed by atoms with E-state index < -0.39 is 0 Å². The predicted molar refractivity (Wildman–Crippen MR) is 125 cm³/mol.